The van der Waals surface area contributed by atoms with Gasteiger partial charge in [-0.15, -0.1) is 5.10 Å². The second-order valence-electron chi connectivity index (χ2n) is 5.05. The molecule has 0 radical (unpaired) electrons. The molecular weight excluding hydrogens is 272 g/mol. The molecule has 21 heavy (non-hydrogen) atoms. The van der Waals surface area contributed by atoms with Gasteiger partial charge in [-0.05, 0) is 43.2 Å². The van der Waals surface area contributed by atoms with Crippen molar-refractivity contribution in [3.05, 3.63) is 17.5 Å². The molecule has 0 saturated carbocycles. The molecule has 8 heteroatoms. The Hall–Kier alpha value is -2.38. The lowest BCUT2D eigenvalue weighted by molar-refractivity contribution is -0.147. The summed E-state index contributed by atoms with van der Waals surface area (Å²) in [5.41, 5.74) is 0.975. The average Bonchev–Trinajstić information content (AvgIpc) is 2.95. The predicted octanol–water partition coefficient (Wildman–Crippen LogP) is 1.21. The van der Waals surface area contributed by atoms with Gasteiger partial charge in [0.1, 0.15) is 0 Å². The Bertz CT molecular complexity index is 668. The fourth-order valence-electron chi connectivity index (χ4n) is 2.05. The summed E-state index contributed by atoms with van der Waals surface area (Å²) in [6.07, 6.45) is 1.02. The van der Waals surface area contributed by atoms with E-state index in [1.807, 2.05) is 19.9 Å². The van der Waals surface area contributed by atoms with E-state index in [-0.39, 0.29) is 0 Å². The third kappa shape index (κ3) is 2.48. The van der Waals surface area contributed by atoms with E-state index in [4.69, 9.17) is 0 Å². The van der Waals surface area contributed by atoms with Crippen molar-refractivity contribution < 1.29 is 9.90 Å². The lowest BCUT2D eigenvalue weighted by Crippen LogP contribution is -2.39. The van der Waals surface area contributed by atoms with Gasteiger partial charge in [0, 0.05) is 5.56 Å². The molecule has 2 heterocycles. The first-order chi connectivity index (χ1) is 9.93. The van der Waals surface area contributed by atoms with Gasteiger partial charge in [-0.3, -0.25) is 0 Å². The van der Waals surface area contributed by atoms with Crippen LogP contribution in [-0.4, -0.2) is 41.5 Å². The maximum Gasteiger partial charge on any atom is 0.331 e. The van der Waals surface area contributed by atoms with E-state index in [2.05, 4.69) is 25.7 Å². The van der Waals surface area contributed by atoms with E-state index >= 15 is 0 Å². The van der Waals surface area contributed by atoms with Gasteiger partial charge in [0.05, 0.1) is 11.4 Å². The highest BCUT2D eigenvalue weighted by Gasteiger charge is 2.37. The molecule has 0 aliphatic carbocycles. The summed E-state index contributed by atoms with van der Waals surface area (Å²) >= 11 is 0. The molecule has 0 bridgehead atoms. The van der Waals surface area contributed by atoms with Gasteiger partial charge >= 0.3 is 5.97 Å². The van der Waals surface area contributed by atoms with Crippen LogP contribution < -0.4 is 0 Å². The third-order valence-electron chi connectivity index (χ3n) is 3.65. The maximum atomic E-state index is 11.6. The molecule has 0 amide bonds. The van der Waals surface area contributed by atoms with Crippen LogP contribution in [0.25, 0.3) is 11.4 Å². The molecule has 1 unspecified atom stereocenters. The largest absolute Gasteiger partial charge is 0.479 e. The van der Waals surface area contributed by atoms with Gasteiger partial charge in [0.25, 0.3) is 0 Å². The van der Waals surface area contributed by atoms with E-state index in [0.717, 1.165) is 17.0 Å². The molecule has 0 aromatic carbocycles. The van der Waals surface area contributed by atoms with Crippen molar-refractivity contribution in [3.63, 3.8) is 0 Å². The van der Waals surface area contributed by atoms with Gasteiger partial charge in [-0.2, -0.15) is 10.2 Å². The number of carboxylic acid groups (broad SMARTS) is 1. The van der Waals surface area contributed by atoms with Crippen LogP contribution in [0.2, 0.25) is 0 Å². The molecule has 0 aliphatic rings. The molecule has 2 aromatic rings. The Morgan fingerprint density at radius 2 is 2.05 bits per heavy atom. The Kier molecular flexibility index (Phi) is 3.97. The molecule has 112 valence electrons. The van der Waals surface area contributed by atoms with Gasteiger partial charge < -0.3 is 5.11 Å². The smallest absolute Gasteiger partial charge is 0.331 e. The molecule has 0 aliphatic heterocycles. The van der Waals surface area contributed by atoms with Crippen LogP contribution in [0.3, 0.4) is 0 Å². The van der Waals surface area contributed by atoms with E-state index in [1.165, 1.54) is 4.68 Å². The number of hydrogen-bond acceptors (Lipinski definition) is 6. The lowest BCUT2D eigenvalue weighted by atomic mass is 9.98. The van der Waals surface area contributed by atoms with Crippen molar-refractivity contribution in [1.29, 1.82) is 0 Å². The van der Waals surface area contributed by atoms with E-state index in [9.17, 15) is 9.90 Å². The zero-order valence-corrected chi connectivity index (χ0v) is 12.5. The van der Waals surface area contributed by atoms with E-state index in [1.54, 1.807) is 13.8 Å². The topological polar surface area (TPSA) is 107 Å². The van der Waals surface area contributed by atoms with Crippen LogP contribution in [-0.2, 0) is 16.8 Å². The molecule has 1 atom stereocenters. The molecule has 8 nitrogen and oxygen atoms in total. The number of aliphatic carboxylic acids is 1. The number of aromatic nitrogens is 6. The van der Waals surface area contributed by atoms with Crippen LogP contribution in [0.5, 0.6) is 0 Å². The minimum absolute atomic E-state index is 0.360. The highest BCUT2D eigenvalue weighted by molar-refractivity contribution is 5.77. The normalized spacial score (nSPS) is 13.9. The number of rotatable bonds is 5. The van der Waals surface area contributed by atoms with Crippen LogP contribution in [0.1, 0.15) is 38.6 Å². The highest BCUT2D eigenvalue weighted by atomic mass is 16.4. The van der Waals surface area contributed by atoms with Gasteiger partial charge in [0.15, 0.2) is 11.4 Å². The molecular formula is C13H18N6O2. The number of tetrazole rings is 1. The Balaban J connectivity index is 2.66. The minimum atomic E-state index is -1.21. The zero-order chi connectivity index (χ0) is 15.6. The second-order valence-corrected chi connectivity index (χ2v) is 5.05. The first kappa shape index (κ1) is 15.0. The summed E-state index contributed by atoms with van der Waals surface area (Å²) in [4.78, 5) is 11.6. The predicted molar refractivity (Wildman–Crippen MR) is 74.5 cm³/mol. The SMILES string of the molecule is CCc1nnc(C)cc1-c1nnnn1C(C)(CC)C(=O)O. The number of hydrogen-bond donors (Lipinski definition) is 1. The Labute approximate surface area is 122 Å². The minimum Gasteiger partial charge on any atom is -0.479 e. The first-order valence-corrected chi connectivity index (χ1v) is 6.79. The first-order valence-electron chi connectivity index (χ1n) is 6.79. The quantitative estimate of drug-likeness (QED) is 0.881. The third-order valence-corrected chi connectivity index (χ3v) is 3.65. The Morgan fingerprint density at radius 3 is 2.62 bits per heavy atom. The summed E-state index contributed by atoms with van der Waals surface area (Å²) in [5, 5.41) is 29.2. The van der Waals surface area contributed by atoms with Crippen molar-refractivity contribution in [1.82, 2.24) is 30.4 Å². The molecule has 2 aromatic heterocycles. The Morgan fingerprint density at radius 1 is 1.33 bits per heavy atom. The van der Waals surface area contributed by atoms with Crippen LogP contribution in [0.4, 0.5) is 0 Å². The summed E-state index contributed by atoms with van der Waals surface area (Å²) in [7, 11) is 0. The highest BCUT2D eigenvalue weighted by Crippen LogP contribution is 2.27. The number of carbonyl (C=O) groups is 1. The van der Waals surface area contributed by atoms with Gasteiger partial charge in [-0.1, -0.05) is 13.8 Å². The maximum absolute atomic E-state index is 11.6. The molecule has 0 spiro atoms. The van der Waals surface area contributed by atoms with Crippen LogP contribution >= 0.6 is 0 Å². The lowest BCUT2D eigenvalue weighted by Gasteiger charge is -2.24. The number of aryl methyl sites for hydroxylation is 2. The van der Waals surface area contributed by atoms with Gasteiger partial charge in [0.2, 0.25) is 0 Å². The molecule has 1 N–H and O–H groups in total. The van der Waals surface area contributed by atoms with Crippen LogP contribution in [0, 0.1) is 6.92 Å². The monoisotopic (exact) mass is 290 g/mol. The molecule has 0 fully saturated rings. The fourth-order valence-corrected chi connectivity index (χ4v) is 2.05. The number of nitrogens with zero attached hydrogens (tertiary/aromatic N) is 6. The average molecular weight is 290 g/mol. The van der Waals surface area contributed by atoms with E-state index in [0.29, 0.717) is 18.7 Å². The van der Waals surface area contributed by atoms with Crippen molar-refractivity contribution in [2.75, 3.05) is 0 Å². The fraction of sp³-hybridized carbons (Fsp3) is 0.538. The summed E-state index contributed by atoms with van der Waals surface area (Å²) in [5.74, 6) is -0.577. The second kappa shape index (κ2) is 5.55. The molecule has 0 saturated heterocycles. The summed E-state index contributed by atoms with van der Waals surface area (Å²) in [6, 6.07) is 1.83. The summed E-state index contributed by atoms with van der Waals surface area (Å²) in [6.45, 7) is 7.16. The zero-order valence-electron chi connectivity index (χ0n) is 12.5. The van der Waals surface area contributed by atoms with Crippen molar-refractivity contribution in [3.8, 4) is 11.4 Å². The standard InChI is InChI=1S/C13H18N6O2/c1-5-10-9(7-8(3)14-15-10)11-16-17-18-19(11)13(4,6-2)12(20)21/h7H,5-6H2,1-4H3,(H,20,21). The van der Waals surface area contributed by atoms with Crippen molar-refractivity contribution in [2.24, 2.45) is 0 Å². The molecule has 2 rings (SSSR count). The van der Waals surface area contributed by atoms with Crippen molar-refractivity contribution >= 4 is 5.97 Å². The summed E-state index contributed by atoms with van der Waals surface area (Å²) < 4.78 is 1.35. The van der Waals surface area contributed by atoms with E-state index < -0.39 is 11.5 Å². The van der Waals surface area contributed by atoms with Gasteiger partial charge in [-0.25, -0.2) is 9.48 Å². The van der Waals surface area contributed by atoms with Crippen molar-refractivity contribution in [2.45, 2.75) is 46.1 Å². The van der Waals surface area contributed by atoms with Crippen LogP contribution in [0.15, 0.2) is 6.07 Å². The number of carboxylic acids is 1.